The number of hydrogen-bond donors (Lipinski definition) is 0. The lowest BCUT2D eigenvalue weighted by molar-refractivity contribution is -0.700. The van der Waals surface area contributed by atoms with Gasteiger partial charge in [-0.2, -0.15) is 9.13 Å². The van der Waals surface area contributed by atoms with Gasteiger partial charge in [0.25, 0.3) is 0 Å². The van der Waals surface area contributed by atoms with Crippen molar-refractivity contribution in [1.82, 2.24) is 9.80 Å². The number of aryl methyl sites for hydroxylation is 3. The predicted molar refractivity (Wildman–Crippen MR) is 208 cm³/mol. The van der Waals surface area contributed by atoms with Gasteiger partial charge in [0.05, 0.1) is 25.1 Å². The molecule has 0 fully saturated rings. The van der Waals surface area contributed by atoms with Crippen molar-refractivity contribution in [3.63, 3.8) is 0 Å². The highest BCUT2D eigenvalue weighted by atomic mass is 35.5. The highest BCUT2D eigenvalue weighted by Gasteiger charge is 1.98. The number of nitrogens with zero attached hydrogens (tertiary/aromatic N) is 8. The molecular formula is C35H58Cl2F2N8O4S. The summed E-state index contributed by atoms with van der Waals surface area (Å²) in [5.41, 5.74) is 1.32. The van der Waals surface area contributed by atoms with Gasteiger partial charge in [-0.05, 0) is 87.0 Å². The molecule has 2 heterocycles. The highest BCUT2D eigenvalue weighted by Crippen LogP contribution is 1.92. The molecule has 0 aliphatic rings. The van der Waals surface area contributed by atoms with E-state index in [0.717, 1.165) is 52.1 Å². The van der Waals surface area contributed by atoms with Crippen molar-refractivity contribution in [3.8, 4) is 0 Å². The fourth-order valence-corrected chi connectivity index (χ4v) is 2.81. The summed E-state index contributed by atoms with van der Waals surface area (Å²) in [7, 11) is 6.39. The monoisotopic (exact) mass is 794 g/mol. The van der Waals surface area contributed by atoms with E-state index in [-0.39, 0.29) is 36.7 Å². The fourth-order valence-electron chi connectivity index (χ4n) is 2.81. The SMILES string of the molecule is CCN=C=NCCCN(C)C.CCN=C=NCCCN(C)C.C[n+]1ccccc1F.C[n+]1ccccc1F.Cc1ccccc1.Cl.Cl.O=S(=O)([O-])[O-]. The Morgan fingerprint density at radius 3 is 1.19 bits per heavy atom. The minimum Gasteiger partial charge on any atom is -0.759 e. The molecule has 0 unspecified atom stereocenters. The lowest BCUT2D eigenvalue weighted by Gasteiger charge is -2.06. The zero-order valence-corrected chi connectivity index (χ0v) is 34.3. The molecule has 0 N–H and O–H groups in total. The molecule has 1 aromatic carbocycles. The van der Waals surface area contributed by atoms with Crippen molar-refractivity contribution in [2.75, 3.05) is 67.5 Å². The van der Waals surface area contributed by atoms with Crippen LogP contribution in [0.2, 0.25) is 0 Å². The van der Waals surface area contributed by atoms with E-state index in [4.69, 9.17) is 17.5 Å². The molecule has 0 amide bonds. The van der Waals surface area contributed by atoms with Gasteiger partial charge in [0.2, 0.25) is 0 Å². The van der Waals surface area contributed by atoms with E-state index < -0.39 is 10.4 Å². The second-order valence-electron chi connectivity index (χ2n) is 10.6. The van der Waals surface area contributed by atoms with Crippen molar-refractivity contribution in [1.29, 1.82) is 0 Å². The molecule has 0 aliphatic heterocycles. The predicted octanol–water partition coefficient (Wildman–Crippen LogP) is 5.06. The summed E-state index contributed by atoms with van der Waals surface area (Å²) in [6.07, 6.45) is 5.49. The third kappa shape index (κ3) is 53.3. The van der Waals surface area contributed by atoms with Gasteiger partial charge < -0.3 is 18.9 Å². The Morgan fingerprint density at radius 2 is 0.981 bits per heavy atom. The molecule has 0 bridgehead atoms. The molecule has 0 saturated carbocycles. The molecule has 296 valence electrons. The molecule has 0 radical (unpaired) electrons. The fraction of sp³-hybridized carbons (Fsp3) is 0.486. The van der Waals surface area contributed by atoms with Crippen LogP contribution in [0.5, 0.6) is 0 Å². The molecule has 52 heavy (non-hydrogen) atoms. The zero-order chi connectivity index (χ0) is 38.6. The van der Waals surface area contributed by atoms with Crippen LogP contribution in [-0.2, 0) is 24.5 Å². The van der Waals surface area contributed by atoms with Gasteiger partial charge in [0.15, 0.2) is 12.4 Å². The highest BCUT2D eigenvalue weighted by molar-refractivity contribution is 7.79. The number of pyridine rings is 2. The molecule has 3 aromatic rings. The zero-order valence-electron chi connectivity index (χ0n) is 31.9. The largest absolute Gasteiger partial charge is 0.759 e. The van der Waals surface area contributed by atoms with Gasteiger partial charge in [0.1, 0.15) is 14.1 Å². The average molecular weight is 796 g/mol. The minimum absolute atomic E-state index is 0. The van der Waals surface area contributed by atoms with Crippen molar-refractivity contribution in [2.45, 2.75) is 33.6 Å². The van der Waals surface area contributed by atoms with E-state index in [0.29, 0.717) is 0 Å². The van der Waals surface area contributed by atoms with Crippen LogP contribution in [-0.4, -0.2) is 107 Å². The topological polar surface area (TPSA) is 144 Å². The number of benzene rings is 1. The van der Waals surface area contributed by atoms with Crippen molar-refractivity contribution >= 4 is 47.2 Å². The summed E-state index contributed by atoms with van der Waals surface area (Å²) in [6.45, 7) is 11.4. The van der Waals surface area contributed by atoms with E-state index in [2.05, 4.69) is 89.0 Å². The molecule has 0 spiro atoms. The summed E-state index contributed by atoms with van der Waals surface area (Å²) in [4.78, 5) is 20.0. The van der Waals surface area contributed by atoms with Crippen LogP contribution >= 0.6 is 24.8 Å². The van der Waals surface area contributed by atoms with Gasteiger partial charge >= 0.3 is 11.9 Å². The summed E-state index contributed by atoms with van der Waals surface area (Å²) in [5.74, 6) is -0.431. The van der Waals surface area contributed by atoms with Gasteiger partial charge in [-0.15, -0.1) is 33.6 Å². The third-order valence-electron chi connectivity index (χ3n) is 5.27. The summed E-state index contributed by atoms with van der Waals surface area (Å²) in [6, 6.07) is 25.3. The molecule has 3 rings (SSSR count). The first-order valence-corrected chi connectivity index (χ1v) is 17.2. The molecule has 17 heteroatoms. The summed E-state index contributed by atoms with van der Waals surface area (Å²) >= 11 is 0. The number of aromatic nitrogens is 2. The Kier molecular flexibility index (Phi) is 44.8. The molecule has 0 atom stereocenters. The van der Waals surface area contributed by atoms with E-state index in [9.17, 15) is 8.78 Å². The van der Waals surface area contributed by atoms with Gasteiger partial charge in [0, 0.05) is 47.8 Å². The number of hydrogen-bond acceptors (Lipinski definition) is 10. The van der Waals surface area contributed by atoms with Gasteiger partial charge in [-0.1, -0.05) is 35.9 Å². The van der Waals surface area contributed by atoms with E-state index >= 15 is 0 Å². The maximum atomic E-state index is 12.3. The normalized spacial score (nSPS) is 9.13. The van der Waals surface area contributed by atoms with Crippen molar-refractivity contribution in [3.05, 3.63) is 96.6 Å². The molecule has 2 aromatic heterocycles. The molecule has 12 nitrogen and oxygen atoms in total. The van der Waals surface area contributed by atoms with Crippen LogP contribution in [0.1, 0.15) is 32.3 Å². The Labute approximate surface area is 323 Å². The maximum Gasteiger partial charge on any atom is 0.359 e. The van der Waals surface area contributed by atoms with Gasteiger partial charge in [-0.3, -0.25) is 8.42 Å². The maximum absolute atomic E-state index is 12.3. The Balaban J connectivity index is -0.000000171. The smallest absolute Gasteiger partial charge is 0.359 e. The van der Waals surface area contributed by atoms with E-state index in [1.165, 1.54) is 26.8 Å². The molecule has 0 aliphatic carbocycles. The molecular weight excluding hydrogens is 737 g/mol. The lowest BCUT2D eigenvalue weighted by atomic mass is 10.2. The van der Waals surface area contributed by atoms with Gasteiger partial charge in [-0.25, -0.2) is 20.0 Å². The number of aliphatic imine (C=N–C) groups is 4. The Morgan fingerprint density at radius 1 is 0.654 bits per heavy atom. The number of rotatable bonds is 10. The number of halogens is 4. The summed E-state index contributed by atoms with van der Waals surface area (Å²) < 4.78 is 61.5. The first kappa shape index (κ1) is 57.8. The standard InChI is InChI=1S/2C8H17N3.C7H8.2C6H7FN.2ClH.H2O4S/c2*1-4-9-8-10-6-5-7-11(2)3;1-7-5-3-2-4-6-7;2*1-8-5-3-2-4-6(8)7;;;1-5(2,3)4/h2*4-7H2,1-3H3;2-6H,1H3;2*2-5H,1H3;2*1H;(H2,1,2,3,4)/q;;;2*+1;;;/p-2. The van der Waals surface area contributed by atoms with E-state index in [1.807, 2.05) is 32.0 Å². The van der Waals surface area contributed by atoms with Crippen LogP contribution in [0.3, 0.4) is 0 Å². The average Bonchev–Trinajstić information content (AvgIpc) is 3.04. The van der Waals surface area contributed by atoms with Crippen LogP contribution in [0, 0.1) is 18.8 Å². The lowest BCUT2D eigenvalue weighted by Crippen LogP contribution is -2.31. The van der Waals surface area contributed by atoms with Crippen LogP contribution < -0.4 is 9.13 Å². The second-order valence-corrected chi connectivity index (χ2v) is 11.4. The van der Waals surface area contributed by atoms with Crippen LogP contribution in [0.4, 0.5) is 8.78 Å². The Bertz CT molecular complexity index is 1350. The first-order chi connectivity index (χ1) is 23.5. The second kappa shape index (κ2) is 40.3. The Hall–Kier alpha value is -3.49. The molecule has 0 saturated heterocycles. The summed E-state index contributed by atoms with van der Waals surface area (Å²) in [5, 5.41) is 0. The van der Waals surface area contributed by atoms with Crippen LogP contribution in [0.15, 0.2) is 99.1 Å². The van der Waals surface area contributed by atoms with Crippen LogP contribution in [0.25, 0.3) is 0 Å². The third-order valence-corrected chi connectivity index (χ3v) is 5.27. The van der Waals surface area contributed by atoms with Crippen molar-refractivity contribution < 1.29 is 35.4 Å². The van der Waals surface area contributed by atoms with E-state index in [1.54, 1.807) is 50.8 Å². The quantitative estimate of drug-likeness (QED) is 0.0701. The van der Waals surface area contributed by atoms with Crippen molar-refractivity contribution in [2.24, 2.45) is 34.1 Å². The first-order valence-electron chi connectivity index (χ1n) is 15.9. The minimum atomic E-state index is -5.17.